The molecule has 11 heteroatoms. The Morgan fingerprint density at radius 3 is 2.63 bits per heavy atom. The Balaban J connectivity index is 2.26. The number of rotatable bonds is 8. The monoisotopic (exact) mass is 503 g/mol. The van der Waals surface area contributed by atoms with Gasteiger partial charge in [0.15, 0.2) is 11.7 Å². The zero-order valence-corrected chi connectivity index (χ0v) is 20.9. The summed E-state index contributed by atoms with van der Waals surface area (Å²) in [5.41, 5.74) is 0.323. The number of aliphatic hydroxyl groups is 1. The molecule has 0 spiro atoms. The molecule has 0 bridgehead atoms. The first kappa shape index (κ1) is 26.1. The molecule has 0 saturated heterocycles. The van der Waals surface area contributed by atoms with E-state index in [4.69, 9.17) is 16.3 Å². The molecular weight excluding hydrogens is 477 g/mol. The smallest absolute Gasteiger partial charge is 0.264 e. The summed E-state index contributed by atoms with van der Waals surface area (Å²) in [6, 6.07) is 5.82. The number of likely N-dealkylation sites (N-methyl/N-ethyl adjacent to an activating group) is 1. The number of halogens is 2. The lowest BCUT2D eigenvalue weighted by Crippen LogP contribution is -2.34. The molecule has 186 valence electrons. The van der Waals surface area contributed by atoms with Crippen molar-refractivity contribution in [3.8, 4) is 11.7 Å². The van der Waals surface area contributed by atoms with Gasteiger partial charge in [-0.25, -0.2) is 4.39 Å². The van der Waals surface area contributed by atoms with Gasteiger partial charge < -0.3 is 9.84 Å². The molecule has 1 N–H and O–H groups in total. The summed E-state index contributed by atoms with van der Waals surface area (Å²) in [5, 5.41) is 16.0. The minimum absolute atomic E-state index is 0.0421. The molecule has 3 aromatic rings. The summed E-state index contributed by atoms with van der Waals surface area (Å²) < 4.78 is 21.7. The Bertz CT molecular complexity index is 1340. The van der Waals surface area contributed by atoms with E-state index in [1.54, 1.807) is 25.3 Å². The number of anilines is 1. The van der Waals surface area contributed by atoms with E-state index in [2.05, 4.69) is 10.1 Å². The first-order valence-electron chi connectivity index (χ1n) is 10.9. The van der Waals surface area contributed by atoms with Crippen LogP contribution in [-0.4, -0.2) is 59.1 Å². The van der Waals surface area contributed by atoms with Gasteiger partial charge in [-0.05, 0) is 42.0 Å². The second-order valence-corrected chi connectivity index (χ2v) is 8.42. The van der Waals surface area contributed by atoms with Crippen LogP contribution in [0.15, 0.2) is 40.4 Å². The first-order valence-corrected chi connectivity index (χ1v) is 11.3. The number of methoxy groups -OCH3 is 1. The fourth-order valence-corrected chi connectivity index (χ4v) is 3.86. The predicted molar refractivity (Wildman–Crippen MR) is 134 cm³/mol. The van der Waals surface area contributed by atoms with Crippen LogP contribution >= 0.6 is 11.6 Å². The van der Waals surface area contributed by atoms with Crippen LogP contribution in [0.5, 0.6) is 5.88 Å². The first-order chi connectivity index (χ1) is 16.7. The fraction of sp³-hybridized carbons (Fsp3) is 0.333. The van der Waals surface area contributed by atoms with E-state index in [-0.39, 0.29) is 46.1 Å². The second-order valence-electron chi connectivity index (χ2n) is 8.01. The molecule has 0 atom stereocenters. The van der Waals surface area contributed by atoms with Gasteiger partial charge in [0, 0.05) is 25.9 Å². The molecule has 1 aromatic carbocycles. The van der Waals surface area contributed by atoms with Crippen LogP contribution in [0.2, 0.25) is 5.02 Å². The lowest BCUT2D eigenvalue weighted by atomic mass is 9.97. The highest BCUT2D eigenvalue weighted by Gasteiger charge is 2.20. The van der Waals surface area contributed by atoms with Crippen molar-refractivity contribution in [2.45, 2.75) is 26.7 Å². The average molecular weight is 504 g/mol. The van der Waals surface area contributed by atoms with Crippen LogP contribution < -0.4 is 15.3 Å². The lowest BCUT2D eigenvalue weighted by Gasteiger charge is -2.22. The van der Waals surface area contributed by atoms with E-state index in [0.29, 0.717) is 11.8 Å². The van der Waals surface area contributed by atoms with Crippen molar-refractivity contribution in [1.82, 2.24) is 14.5 Å². The highest BCUT2D eigenvalue weighted by molar-refractivity contribution is 6.32. The zero-order chi connectivity index (χ0) is 25.9. The van der Waals surface area contributed by atoms with Crippen molar-refractivity contribution in [2.24, 2.45) is 5.10 Å². The highest BCUT2D eigenvalue weighted by atomic mass is 35.5. The molecule has 0 fully saturated rings. The Hall–Kier alpha value is -3.50. The van der Waals surface area contributed by atoms with E-state index in [1.807, 2.05) is 13.8 Å². The number of aliphatic hydroxyl groups excluding tert-OH is 1. The van der Waals surface area contributed by atoms with Crippen molar-refractivity contribution in [2.75, 3.05) is 32.3 Å². The van der Waals surface area contributed by atoms with E-state index < -0.39 is 18.0 Å². The maximum atomic E-state index is 15.3. The molecule has 2 aromatic heterocycles. The van der Waals surface area contributed by atoms with Crippen LogP contribution in [0.4, 0.5) is 10.1 Å². The third kappa shape index (κ3) is 5.13. The molecule has 3 rings (SSSR count). The van der Waals surface area contributed by atoms with Gasteiger partial charge in [-0.15, -0.1) is 0 Å². The van der Waals surface area contributed by atoms with Crippen molar-refractivity contribution in [3.05, 3.63) is 57.2 Å². The number of hydrogen-bond donors (Lipinski definition) is 1. The number of carbonyl (C=O) groups excluding carboxylic acids is 1. The summed E-state index contributed by atoms with van der Waals surface area (Å²) in [5.74, 6) is -0.238. The van der Waals surface area contributed by atoms with Gasteiger partial charge in [0.1, 0.15) is 12.4 Å². The lowest BCUT2D eigenvalue weighted by molar-refractivity contribution is -0.114. The van der Waals surface area contributed by atoms with Gasteiger partial charge in [-0.1, -0.05) is 25.4 Å². The summed E-state index contributed by atoms with van der Waals surface area (Å²) in [4.78, 5) is 30.2. The quantitative estimate of drug-likeness (QED) is 0.218. The van der Waals surface area contributed by atoms with E-state index in [0.717, 1.165) is 11.6 Å². The molecule has 0 aliphatic heterocycles. The van der Waals surface area contributed by atoms with Gasteiger partial charge in [0.05, 0.1) is 23.2 Å². The topological polar surface area (TPSA) is 100 Å². The van der Waals surface area contributed by atoms with Gasteiger partial charge in [-0.2, -0.15) is 10.1 Å². The summed E-state index contributed by atoms with van der Waals surface area (Å²) in [7, 11) is 2.95. The van der Waals surface area contributed by atoms with Crippen molar-refractivity contribution >= 4 is 40.3 Å². The Morgan fingerprint density at radius 2 is 2.06 bits per heavy atom. The number of hydrazone groups is 1. The molecule has 2 heterocycles. The normalized spacial score (nSPS) is 11.7. The number of fused-ring (bicyclic) bond motifs is 1. The Morgan fingerprint density at radius 1 is 1.34 bits per heavy atom. The Kier molecular flexibility index (Phi) is 8.08. The van der Waals surface area contributed by atoms with Gasteiger partial charge in [-0.3, -0.25) is 24.1 Å². The van der Waals surface area contributed by atoms with Crippen molar-refractivity contribution < 1.29 is 19.0 Å². The largest absolute Gasteiger partial charge is 0.481 e. The Labute approximate surface area is 207 Å². The number of aromatic nitrogens is 2. The number of amides is 1. The summed E-state index contributed by atoms with van der Waals surface area (Å²) in [6.45, 7) is 5.39. The molecule has 0 aliphatic rings. The van der Waals surface area contributed by atoms with Crippen molar-refractivity contribution in [1.29, 1.82) is 0 Å². The van der Waals surface area contributed by atoms with Crippen LogP contribution in [0.3, 0.4) is 0 Å². The number of amidine groups is 1. The summed E-state index contributed by atoms with van der Waals surface area (Å²) >= 11 is 6.33. The second kappa shape index (κ2) is 10.8. The molecule has 0 unspecified atom stereocenters. The number of carbonyl (C=O) groups is 1. The zero-order valence-electron chi connectivity index (χ0n) is 20.1. The minimum Gasteiger partial charge on any atom is -0.481 e. The van der Waals surface area contributed by atoms with Crippen LogP contribution in [0.25, 0.3) is 16.6 Å². The molecule has 9 nitrogen and oxygen atoms in total. The predicted octanol–water partition coefficient (Wildman–Crippen LogP) is 3.53. The fourth-order valence-electron chi connectivity index (χ4n) is 3.66. The van der Waals surface area contributed by atoms with Crippen LogP contribution in [-0.2, 0) is 4.79 Å². The maximum Gasteiger partial charge on any atom is 0.264 e. The minimum atomic E-state index is -0.704. The van der Waals surface area contributed by atoms with Crippen LogP contribution in [0, 0.1) is 5.82 Å². The van der Waals surface area contributed by atoms with Gasteiger partial charge in [0.25, 0.3) is 5.56 Å². The SMILES string of the molecule is CCN(C=O)/C(CO)=N\N(C)c1cc2c(C(C)C)cn(-c3nc(OC)ccc3Cl)c(=O)c2cc1F. The van der Waals surface area contributed by atoms with E-state index >= 15 is 4.39 Å². The van der Waals surface area contributed by atoms with E-state index in [1.165, 1.54) is 34.7 Å². The molecule has 0 saturated carbocycles. The molecule has 1 amide bonds. The molecular formula is C24H27ClFN5O4. The third-order valence-electron chi connectivity index (χ3n) is 5.53. The number of pyridine rings is 2. The average Bonchev–Trinajstić information content (AvgIpc) is 2.84. The number of benzene rings is 1. The van der Waals surface area contributed by atoms with E-state index in [9.17, 15) is 14.7 Å². The van der Waals surface area contributed by atoms with Crippen LogP contribution in [0.1, 0.15) is 32.3 Å². The molecule has 0 radical (unpaired) electrons. The number of nitrogens with zero attached hydrogens (tertiary/aromatic N) is 5. The molecule has 0 aliphatic carbocycles. The van der Waals surface area contributed by atoms with Gasteiger partial charge >= 0.3 is 0 Å². The highest BCUT2D eigenvalue weighted by Crippen LogP contribution is 2.31. The number of hydrogen-bond acceptors (Lipinski definition) is 7. The van der Waals surface area contributed by atoms with Crippen molar-refractivity contribution in [3.63, 3.8) is 0 Å². The number of ether oxygens (including phenoxy) is 1. The summed E-state index contributed by atoms with van der Waals surface area (Å²) in [6.07, 6.45) is 2.18. The van der Waals surface area contributed by atoms with Gasteiger partial charge in [0.2, 0.25) is 12.3 Å². The third-order valence-corrected chi connectivity index (χ3v) is 5.83. The molecule has 35 heavy (non-hydrogen) atoms. The standard InChI is InChI=1S/C24H27ClFN5O4/c1-6-30(13-33)21(12-32)28-29(4)20-10-15-16(9-19(20)26)24(34)31(11-17(15)14(2)3)23-18(25)7-8-22(27-23)35-5/h7-11,13-14,32H,6,12H2,1-5H3/b28-21-. The maximum absolute atomic E-state index is 15.3.